The molecule has 1 fully saturated rings. The van der Waals surface area contributed by atoms with Crippen LogP contribution in [0.2, 0.25) is 0 Å². The summed E-state index contributed by atoms with van der Waals surface area (Å²) in [4.78, 5) is 26.0. The van der Waals surface area contributed by atoms with Gasteiger partial charge >= 0.3 is 0 Å². The fourth-order valence-electron chi connectivity index (χ4n) is 3.05. The van der Waals surface area contributed by atoms with Crippen LogP contribution in [-0.2, 0) is 16.0 Å². The Morgan fingerprint density at radius 1 is 1.05 bits per heavy atom. The zero-order valence-corrected chi connectivity index (χ0v) is 12.2. The molecule has 21 heavy (non-hydrogen) atoms. The first-order valence-electron chi connectivity index (χ1n) is 7.53. The fourth-order valence-corrected chi connectivity index (χ4v) is 3.05. The molecule has 1 aromatic carbocycles. The van der Waals surface area contributed by atoms with E-state index >= 15 is 0 Å². The van der Waals surface area contributed by atoms with Crippen LogP contribution in [0.4, 0.5) is 5.69 Å². The number of likely N-dealkylation sites (tertiary alicyclic amines) is 1. The third-order valence-corrected chi connectivity index (χ3v) is 4.40. The molecule has 0 aromatic heterocycles. The lowest BCUT2D eigenvalue weighted by atomic mass is 9.85. The topological polar surface area (TPSA) is 49.4 Å². The molecule has 3 rings (SSSR count). The summed E-state index contributed by atoms with van der Waals surface area (Å²) >= 11 is 0. The molecule has 110 valence electrons. The van der Waals surface area contributed by atoms with E-state index < -0.39 is 0 Å². The van der Waals surface area contributed by atoms with Gasteiger partial charge in [-0.25, -0.2) is 0 Å². The summed E-state index contributed by atoms with van der Waals surface area (Å²) in [6, 6.07) is 8.08. The lowest BCUT2D eigenvalue weighted by Crippen LogP contribution is -2.35. The predicted octanol–water partition coefficient (Wildman–Crippen LogP) is 2.57. The van der Waals surface area contributed by atoms with Gasteiger partial charge in [-0.15, -0.1) is 0 Å². The number of rotatable bonds is 4. The molecule has 0 bridgehead atoms. The second-order valence-electron chi connectivity index (χ2n) is 5.65. The van der Waals surface area contributed by atoms with Crippen molar-refractivity contribution < 1.29 is 9.59 Å². The number of anilines is 1. The maximum atomic E-state index is 12.3. The number of allylic oxidation sites excluding steroid dienone is 2. The van der Waals surface area contributed by atoms with Gasteiger partial charge in [0.25, 0.3) is 0 Å². The Balaban J connectivity index is 1.65. The van der Waals surface area contributed by atoms with E-state index in [-0.39, 0.29) is 30.3 Å². The van der Waals surface area contributed by atoms with E-state index in [1.165, 1.54) is 10.5 Å². The van der Waals surface area contributed by atoms with Crippen LogP contribution in [0.1, 0.15) is 25.3 Å². The molecule has 1 saturated heterocycles. The molecular formula is C17H20N2O2. The molecule has 4 heteroatoms. The number of nitrogens with zero attached hydrogens (tertiary/aromatic N) is 1. The molecule has 1 aliphatic heterocycles. The summed E-state index contributed by atoms with van der Waals surface area (Å²) in [5, 5.41) is 3.17. The van der Waals surface area contributed by atoms with Gasteiger partial charge in [0.05, 0.1) is 18.5 Å². The average Bonchev–Trinajstić information content (AvgIpc) is 2.78. The normalized spacial score (nSPS) is 24.3. The molecule has 0 radical (unpaired) electrons. The highest BCUT2D eigenvalue weighted by molar-refractivity contribution is 6.05. The van der Waals surface area contributed by atoms with E-state index in [2.05, 4.69) is 24.4 Å². The van der Waals surface area contributed by atoms with E-state index in [0.29, 0.717) is 12.8 Å². The van der Waals surface area contributed by atoms with Crippen molar-refractivity contribution in [3.63, 3.8) is 0 Å². The van der Waals surface area contributed by atoms with Crippen LogP contribution in [0.15, 0.2) is 36.4 Å². The Bertz CT molecular complexity index is 551. The van der Waals surface area contributed by atoms with Gasteiger partial charge in [-0.3, -0.25) is 14.5 Å². The van der Waals surface area contributed by atoms with Crippen molar-refractivity contribution in [2.75, 3.05) is 12.0 Å². The first-order valence-corrected chi connectivity index (χ1v) is 7.53. The van der Waals surface area contributed by atoms with Crippen LogP contribution in [0.3, 0.4) is 0 Å². The van der Waals surface area contributed by atoms with Gasteiger partial charge in [0.2, 0.25) is 11.8 Å². The van der Waals surface area contributed by atoms with E-state index in [1.54, 1.807) is 0 Å². The zero-order chi connectivity index (χ0) is 14.8. The Morgan fingerprint density at radius 2 is 1.62 bits per heavy atom. The number of aryl methyl sites for hydroxylation is 1. The van der Waals surface area contributed by atoms with E-state index in [4.69, 9.17) is 0 Å². The number of hydrogen-bond acceptors (Lipinski definition) is 3. The maximum Gasteiger partial charge on any atom is 0.234 e. The molecule has 0 saturated carbocycles. The third-order valence-electron chi connectivity index (χ3n) is 4.40. The lowest BCUT2D eigenvalue weighted by molar-refractivity contribution is -0.139. The Hall–Kier alpha value is -2.10. The minimum atomic E-state index is -0.147. The summed E-state index contributed by atoms with van der Waals surface area (Å²) in [5.74, 6) is -0.363. The third kappa shape index (κ3) is 2.58. The minimum Gasteiger partial charge on any atom is -0.367 e. The van der Waals surface area contributed by atoms with Gasteiger partial charge in [-0.05, 0) is 37.0 Å². The molecular weight excluding hydrogens is 264 g/mol. The van der Waals surface area contributed by atoms with Crippen molar-refractivity contribution in [3.8, 4) is 0 Å². The van der Waals surface area contributed by atoms with Gasteiger partial charge in [0, 0.05) is 5.69 Å². The first-order chi connectivity index (χ1) is 10.2. The largest absolute Gasteiger partial charge is 0.367 e. The molecule has 1 aliphatic carbocycles. The van der Waals surface area contributed by atoms with Crippen LogP contribution in [0.25, 0.3) is 0 Å². The maximum absolute atomic E-state index is 12.3. The van der Waals surface area contributed by atoms with Crippen molar-refractivity contribution in [2.45, 2.75) is 26.2 Å². The van der Waals surface area contributed by atoms with Gasteiger partial charge < -0.3 is 5.32 Å². The molecule has 4 nitrogen and oxygen atoms in total. The summed E-state index contributed by atoms with van der Waals surface area (Å²) < 4.78 is 0. The van der Waals surface area contributed by atoms with Gasteiger partial charge in [0.15, 0.2) is 0 Å². The fraction of sp³-hybridized carbons (Fsp3) is 0.412. The molecule has 2 amide bonds. The average molecular weight is 284 g/mol. The van der Waals surface area contributed by atoms with Gasteiger partial charge in [-0.2, -0.15) is 0 Å². The number of nitrogens with one attached hydrogen (secondary N) is 1. The second-order valence-corrected chi connectivity index (χ2v) is 5.65. The molecule has 1 N–H and O–H groups in total. The first kappa shape index (κ1) is 13.9. The predicted molar refractivity (Wildman–Crippen MR) is 81.5 cm³/mol. The highest BCUT2D eigenvalue weighted by Gasteiger charge is 2.46. The smallest absolute Gasteiger partial charge is 0.234 e. The highest BCUT2D eigenvalue weighted by atomic mass is 16.2. The van der Waals surface area contributed by atoms with Crippen molar-refractivity contribution in [1.29, 1.82) is 0 Å². The second kappa shape index (κ2) is 5.72. The van der Waals surface area contributed by atoms with Crippen LogP contribution in [0.5, 0.6) is 0 Å². The summed E-state index contributed by atoms with van der Waals surface area (Å²) in [7, 11) is 0. The monoisotopic (exact) mass is 284 g/mol. The quantitative estimate of drug-likeness (QED) is 0.683. The van der Waals surface area contributed by atoms with Crippen molar-refractivity contribution >= 4 is 17.5 Å². The van der Waals surface area contributed by atoms with E-state index in [0.717, 1.165) is 12.1 Å². The molecule has 1 heterocycles. The number of carbonyl (C=O) groups is 2. The highest BCUT2D eigenvalue weighted by Crippen LogP contribution is 2.34. The van der Waals surface area contributed by atoms with Crippen molar-refractivity contribution in [1.82, 2.24) is 4.90 Å². The van der Waals surface area contributed by atoms with Crippen molar-refractivity contribution in [3.05, 3.63) is 42.0 Å². The van der Waals surface area contributed by atoms with Crippen LogP contribution < -0.4 is 5.32 Å². The van der Waals surface area contributed by atoms with E-state index in [9.17, 15) is 9.59 Å². The van der Waals surface area contributed by atoms with Gasteiger partial charge in [0.1, 0.15) is 0 Å². The Labute approximate surface area is 124 Å². The van der Waals surface area contributed by atoms with Crippen LogP contribution in [-0.4, -0.2) is 23.4 Å². The SMILES string of the molecule is CCc1ccc(NCN2C(=O)[C@H]3CC=CC[C@H]3C2=O)cc1. The standard InChI is InChI=1S/C17H20N2O2/c1-2-12-7-9-13(10-8-12)18-11-19-16(20)14-5-3-4-6-15(14)17(19)21/h3-4,7-10,14-15,18H,2,5-6,11H2,1H3/t14-,15+. The number of fused-ring (bicyclic) bond motifs is 1. The van der Waals surface area contributed by atoms with Crippen LogP contribution >= 0.6 is 0 Å². The number of benzene rings is 1. The minimum absolute atomic E-state index is 0.0352. The summed E-state index contributed by atoms with van der Waals surface area (Å²) in [5.41, 5.74) is 2.20. The summed E-state index contributed by atoms with van der Waals surface area (Å²) in [6.07, 6.45) is 6.40. The zero-order valence-electron chi connectivity index (χ0n) is 12.2. The Morgan fingerprint density at radius 3 is 2.14 bits per heavy atom. The molecule has 2 aliphatic rings. The molecule has 0 unspecified atom stereocenters. The van der Waals surface area contributed by atoms with Crippen molar-refractivity contribution in [2.24, 2.45) is 11.8 Å². The van der Waals surface area contributed by atoms with E-state index in [1.807, 2.05) is 24.3 Å². The number of carbonyl (C=O) groups excluding carboxylic acids is 2. The molecule has 2 atom stereocenters. The van der Waals surface area contributed by atoms with Crippen LogP contribution in [0, 0.1) is 11.8 Å². The number of amides is 2. The molecule has 1 aromatic rings. The summed E-state index contributed by atoms with van der Waals surface area (Å²) in [6.45, 7) is 2.37. The lowest BCUT2D eigenvalue weighted by Gasteiger charge is -2.16. The van der Waals surface area contributed by atoms with Gasteiger partial charge in [-0.1, -0.05) is 31.2 Å². The molecule has 0 spiro atoms. The Kier molecular flexibility index (Phi) is 3.78. The number of hydrogen-bond donors (Lipinski definition) is 1. The number of imide groups is 1.